The molecule has 0 aromatic heterocycles. The van der Waals surface area contributed by atoms with E-state index in [1.54, 1.807) is 0 Å². The lowest BCUT2D eigenvalue weighted by atomic mass is 10.0. The molecule has 0 saturated heterocycles. The van der Waals surface area contributed by atoms with Gasteiger partial charge in [-0.3, -0.25) is 4.90 Å². The Morgan fingerprint density at radius 1 is 1.50 bits per heavy atom. The van der Waals surface area contributed by atoms with Gasteiger partial charge in [0.05, 0.1) is 6.54 Å². The third-order valence-corrected chi connectivity index (χ3v) is 1.72. The van der Waals surface area contributed by atoms with Gasteiger partial charge in [0, 0.05) is 5.54 Å². The first kappa shape index (κ1) is 11.5. The van der Waals surface area contributed by atoms with Crippen molar-refractivity contribution in [1.82, 2.24) is 4.90 Å². The fourth-order valence-corrected chi connectivity index (χ4v) is 1.04. The van der Waals surface area contributed by atoms with Crippen molar-refractivity contribution in [3.05, 3.63) is 0 Å². The summed E-state index contributed by atoms with van der Waals surface area (Å²) in [5.41, 5.74) is 5.79. The van der Waals surface area contributed by atoms with Crippen molar-refractivity contribution in [2.75, 3.05) is 20.1 Å². The van der Waals surface area contributed by atoms with Gasteiger partial charge in [-0.25, -0.2) is 0 Å². The molecule has 0 aromatic rings. The quantitative estimate of drug-likeness (QED) is 0.622. The zero-order chi connectivity index (χ0) is 9.61. The molecule has 0 rings (SSSR count). The molecular weight excluding hydrogens is 148 g/mol. The average molecular weight is 168 g/mol. The molecule has 0 aliphatic rings. The van der Waals surface area contributed by atoms with Gasteiger partial charge in [-0.15, -0.1) is 6.42 Å². The minimum Gasteiger partial charge on any atom is -0.326 e. The van der Waals surface area contributed by atoms with Gasteiger partial charge in [0.15, 0.2) is 0 Å². The largest absolute Gasteiger partial charge is 0.326 e. The van der Waals surface area contributed by atoms with E-state index >= 15 is 0 Å². The lowest BCUT2D eigenvalue weighted by Gasteiger charge is -2.20. The maximum absolute atomic E-state index is 5.84. The normalized spacial score (nSPS) is 11.7. The van der Waals surface area contributed by atoms with Gasteiger partial charge >= 0.3 is 0 Å². The van der Waals surface area contributed by atoms with Gasteiger partial charge in [-0.2, -0.15) is 0 Å². The second kappa shape index (κ2) is 5.18. The van der Waals surface area contributed by atoms with Crippen LogP contribution in [0, 0.1) is 12.3 Å². The van der Waals surface area contributed by atoms with Crippen LogP contribution in [-0.2, 0) is 0 Å². The van der Waals surface area contributed by atoms with Crippen LogP contribution in [0.1, 0.15) is 26.7 Å². The molecule has 0 unspecified atom stereocenters. The SMILES string of the molecule is C#CCN(C)CCCC(C)(C)N. The average Bonchev–Trinajstić information content (AvgIpc) is 1.84. The molecule has 70 valence electrons. The van der Waals surface area contributed by atoms with Crippen molar-refractivity contribution >= 4 is 0 Å². The number of hydrogen-bond donors (Lipinski definition) is 1. The smallest absolute Gasteiger partial charge is 0.0596 e. The lowest BCUT2D eigenvalue weighted by Crippen LogP contribution is -2.33. The minimum absolute atomic E-state index is 0.0447. The fourth-order valence-electron chi connectivity index (χ4n) is 1.04. The third kappa shape index (κ3) is 7.59. The summed E-state index contributed by atoms with van der Waals surface area (Å²) in [6, 6.07) is 0. The Morgan fingerprint density at radius 3 is 2.50 bits per heavy atom. The van der Waals surface area contributed by atoms with Crippen molar-refractivity contribution < 1.29 is 0 Å². The Hall–Kier alpha value is -0.520. The van der Waals surface area contributed by atoms with Crippen LogP contribution in [0.15, 0.2) is 0 Å². The van der Waals surface area contributed by atoms with Crippen LogP contribution in [0.3, 0.4) is 0 Å². The highest BCUT2D eigenvalue weighted by molar-refractivity contribution is 4.87. The standard InChI is InChI=1S/C10H20N2/c1-5-8-12(4)9-6-7-10(2,3)11/h1H,6-9,11H2,2-4H3. The highest BCUT2D eigenvalue weighted by Gasteiger charge is 2.09. The van der Waals surface area contributed by atoms with Gasteiger partial charge < -0.3 is 5.73 Å². The minimum atomic E-state index is -0.0447. The summed E-state index contributed by atoms with van der Waals surface area (Å²) in [7, 11) is 2.03. The van der Waals surface area contributed by atoms with Gasteiger partial charge in [0.1, 0.15) is 0 Å². The van der Waals surface area contributed by atoms with E-state index in [9.17, 15) is 0 Å². The first-order valence-electron chi connectivity index (χ1n) is 4.36. The second-order valence-electron chi connectivity index (χ2n) is 4.03. The molecule has 0 amide bonds. The van der Waals surface area contributed by atoms with Gasteiger partial charge in [-0.1, -0.05) is 5.92 Å². The number of hydrogen-bond acceptors (Lipinski definition) is 2. The molecule has 0 bridgehead atoms. The zero-order valence-corrected chi connectivity index (χ0v) is 8.43. The summed E-state index contributed by atoms with van der Waals surface area (Å²) in [4.78, 5) is 2.13. The van der Waals surface area contributed by atoms with E-state index in [1.807, 2.05) is 20.9 Å². The molecular formula is C10H20N2. The van der Waals surface area contributed by atoms with Crippen molar-refractivity contribution in [1.29, 1.82) is 0 Å². The number of nitrogens with two attached hydrogens (primary N) is 1. The van der Waals surface area contributed by atoms with Crippen LogP contribution in [0.25, 0.3) is 0 Å². The number of nitrogens with zero attached hydrogens (tertiary/aromatic N) is 1. The van der Waals surface area contributed by atoms with Crippen molar-refractivity contribution in [3.8, 4) is 12.3 Å². The lowest BCUT2D eigenvalue weighted by molar-refractivity contribution is 0.340. The van der Waals surface area contributed by atoms with Gasteiger partial charge in [0.2, 0.25) is 0 Å². The molecule has 0 heterocycles. The van der Waals surface area contributed by atoms with Crippen LogP contribution in [0.4, 0.5) is 0 Å². The molecule has 2 nitrogen and oxygen atoms in total. The van der Waals surface area contributed by atoms with Crippen molar-refractivity contribution in [3.63, 3.8) is 0 Å². The Labute approximate surface area is 76.1 Å². The van der Waals surface area contributed by atoms with Crippen LogP contribution in [0.2, 0.25) is 0 Å². The summed E-state index contributed by atoms with van der Waals surface area (Å²) >= 11 is 0. The molecule has 2 heteroatoms. The molecule has 0 spiro atoms. The topological polar surface area (TPSA) is 29.3 Å². The van der Waals surface area contributed by atoms with Crippen LogP contribution >= 0.6 is 0 Å². The molecule has 0 radical (unpaired) electrons. The number of terminal acetylenes is 1. The molecule has 0 aliphatic carbocycles. The Kier molecular flexibility index (Phi) is 4.96. The first-order chi connectivity index (χ1) is 5.45. The van der Waals surface area contributed by atoms with Crippen molar-refractivity contribution in [2.24, 2.45) is 5.73 Å². The molecule has 2 N–H and O–H groups in total. The van der Waals surface area contributed by atoms with E-state index in [0.717, 1.165) is 25.9 Å². The summed E-state index contributed by atoms with van der Waals surface area (Å²) in [6.45, 7) is 5.86. The Balaban J connectivity index is 3.38. The molecule has 0 saturated carbocycles. The zero-order valence-electron chi connectivity index (χ0n) is 8.43. The highest BCUT2D eigenvalue weighted by atomic mass is 15.1. The van der Waals surface area contributed by atoms with E-state index in [-0.39, 0.29) is 5.54 Å². The second-order valence-corrected chi connectivity index (χ2v) is 4.03. The Morgan fingerprint density at radius 2 is 2.08 bits per heavy atom. The summed E-state index contributed by atoms with van der Waals surface area (Å²) < 4.78 is 0. The van der Waals surface area contributed by atoms with E-state index < -0.39 is 0 Å². The van der Waals surface area contributed by atoms with Crippen molar-refractivity contribution in [2.45, 2.75) is 32.2 Å². The highest BCUT2D eigenvalue weighted by Crippen LogP contribution is 2.06. The van der Waals surface area contributed by atoms with Gasteiger partial charge in [0.25, 0.3) is 0 Å². The molecule has 0 fully saturated rings. The molecule has 0 aliphatic heterocycles. The molecule has 0 aromatic carbocycles. The predicted octanol–water partition coefficient (Wildman–Crippen LogP) is 1.07. The molecule has 12 heavy (non-hydrogen) atoms. The van der Waals surface area contributed by atoms with E-state index in [4.69, 9.17) is 12.2 Å². The first-order valence-corrected chi connectivity index (χ1v) is 4.36. The van der Waals surface area contributed by atoms with Gasteiger partial charge in [-0.05, 0) is 40.3 Å². The molecule has 0 atom stereocenters. The number of rotatable bonds is 5. The third-order valence-electron chi connectivity index (χ3n) is 1.72. The summed E-state index contributed by atoms with van der Waals surface area (Å²) in [6.07, 6.45) is 7.33. The van der Waals surface area contributed by atoms with Crippen LogP contribution in [-0.4, -0.2) is 30.6 Å². The fraction of sp³-hybridized carbons (Fsp3) is 0.800. The summed E-state index contributed by atoms with van der Waals surface area (Å²) in [5, 5.41) is 0. The van der Waals surface area contributed by atoms with E-state index in [0.29, 0.717) is 0 Å². The Bertz CT molecular complexity index is 150. The van der Waals surface area contributed by atoms with E-state index in [2.05, 4.69) is 10.8 Å². The predicted molar refractivity (Wildman–Crippen MR) is 53.8 cm³/mol. The van der Waals surface area contributed by atoms with Crippen LogP contribution < -0.4 is 5.73 Å². The summed E-state index contributed by atoms with van der Waals surface area (Å²) in [5.74, 6) is 2.61. The monoisotopic (exact) mass is 168 g/mol. The van der Waals surface area contributed by atoms with E-state index in [1.165, 1.54) is 0 Å². The van der Waals surface area contributed by atoms with Crippen LogP contribution in [0.5, 0.6) is 0 Å². The maximum Gasteiger partial charge on any atom is 0.0596 e. The maximum atomic E-state index is 5.84.